The lowest BCUT2D eigenvalue weighted by Gasteiger charge is -2.26. The van der Waals surface area contributed by atoms with Crippen molar-refractivity contribution < 1.29 is 18.7 Å². The third-order valence-corrected chi connectivity index (χ3v) is 4.03. The van der Waals surface area contributed by atoms with Gasteiger partial charge in [0.05, 0.1) is 13.4 Å². The van der Waals surface area contributed by atoms with Crippen molar-refractivity contribution in [3.63, 3.8) is 0 Å². The summed E-state index contributed by atoms with van der Waals surface area (Å²) in [5, 5.41) is 0.988. The molecule has 1 aromatic carbocycles. The Balaban J connectivity index is 2.02. The molecule has 0 aliphatic carbocycles. The van der Waals surface area contributed by atoms with Crippen LogP contribution in [0.3, 0.4) is 0 Å². The molecule has 0 aliphatic heterocycles. The minimum absolute atomic E-state index is 0.264. The number of para-hydroxylation sites is 1. The van der Waals surface area contributed by atoms with Gasteiger partial charge in [0.1, 0.15) is 6.04 Å². The molecule has 0 saturated heterocycles. The summed E-state index contributed by atoms with van der Waals surface area (Å²) in [4.78, 5) is 29.3. The molecule has 0 bridgehead atoms. The topological polar surface area (TPSA) is 75.5 Å². The van der Waals surface area contributed by atoms with Gasteiger partial charge >= 0.3 is 5.97 Å². The Labute approximate surface area is 144 Å². The van der Waals surface area contributed by atoms with Crippen molar-refractivity contribution in [3.8, 4) is 0 Å². The van der Waals surface area contributed by atoms with Crippen LogP contribution in [0.15, 0.2) is 65.9 Å². The number of nitrogens with one attached hydrogen (secondary N) is 1. The number of carbonyl (C=O) groups excluding carboxylic acids is 2. The SMILES string of the molecule is C=CC(=O)N(c1ccco1)[C@@H](Cc1c[nH]c2ccccc12)C(=O)OC. The second-order valence-electron chi connectivity index (χ2n) is 5.47. The van der Waals surface area contributed by atoms with E-state index in [0.717, 1.165) is 22.5 Å². The van der Waals surface area contributed by atoms with E-state index in [1.54, 1.807) is 12.1 Å². The average Bonchev–Trinajstić information content (AvgIpc) is 3.30. The quantitative estimate of drug-likeness (QED) is 0.554. The normalized spacial score (nSPS) is 11.9. The predicted octanol–water partition coefficient (Wildman–Crippen LogP) is 3.06. The molecule has 0 aliphatic rings. The number of anilines is 1. The summed E-state index contributed by atoms with van der Waals surface area (Å²) in [6, 6.07) is 10.2. The molecular formula is C19H18N2O4. The second-order valence-corrected chi connectivity index (χ2v) is 5.47. The highest BCUT2D eigenvalue weighted by Crippen LogP contribution is 2.25. The van der Waals surface area contributed by atoms with Crippen molar-refractivity contribution in [2.75, 3.05) is 12.0 Å². The lowest BCUT2D eigenvalue weighted by Crippen LogP contribution is -2.46. The molecule has 2 aromatic heterocycles. The summed E-state index contributed by atoms with van der Waals surface area (Å²) in [5.74, 6) is -0.706. The third-order valence-electron chi connectivity index (χ3n) is 4.03. The van der Waals surface area contributed by atoms with Gasteiger partial charge in [-0.1, -0.05) is 24.8 Å². The summed E-state index contributed by atoms with van der Waals surface area (Å²) in [6.07, 6.45) is 4.70. The lowest BCUT2D eigenvalue weighted by atomic mass is 10.0. The fourth-order valence-electron chi connectivity index (χ4n) is 2.85. The van der Waals surface area contributed by atoms with E-state index < -0.39 is 17.9 Å². The van der Waals surface area contributed by atoms with Crippen molar-refractivity contribution in [3.05, 3.63) is 67.1 Å². The highest BCUT2D eigenvalue weighted by atomic mass is 16.5. The number of esters is 1. The zero-order valence-electron chi connectivity index (χ0n) is 13.8. The van der Waals surface area contributed by atoms with Crippen LogP contribution in [0.5, 0.6) is 0 Å². The fourth-order valence-corrected chi connectivity index (χ4v) is 2.85. The molecule has 3 rings (SSSR count). The van der Waals surface area contributed by atoms with Gasteiger partial charge in [0.15, 0.2) is 0 Å². The first-order valence-corrected chi connectivity index (χ1v) is 7.77. The standard InChI is InChI=1S/C19H18N2O4/c1-3-17(22)21(18-9-6-10-25-18)16(19(23)24-2)11-13-12-20-15-8-5-4-7-14(13)15/h3-10,12,16,20H,1,11H2,2H3/t16-/m0/s1. The van der Waals surface area contributed by atoms with Crippen LogP contribution in [0.4, 0.5) is 5.88 Å². The minimum Gasteiger partial charge on any atom is -0.467 e. The molecule has 3 aromatic rings. The first-order chi connectivity index (χ1) is 12.2. The molecule has 0 radical (unpaired) electrons. The summed E-state index contributed by atoms with van der Waals surface area (Å²) in [6.45, 7) is 3.51. The maximum absolute atomic E-state index is 12.4. The second kappa shape index (κ2) is 7.09. The Morgan fingerprint density at radius 3 is 2.80 bits per heavy atom. The van der Waals surface area contributed by atoms with E-state index in [0.29, 0.717) is 0 Å². The molecule has 2 heterocycles. The van der Waals surface area contributed by atoms with Crippen molar-refractivity contribution in [2.45, 2.75) is 12.5 Å². The Morgan fingerprint density at radius 1 is 1.32 bits per heavy atom. The van der Waals surface area contributed by atoms with Gasteiger partial charge in [-0.25, -0.2) is 4.79 Å². The summed E-state index contributed by atoms with van der Waals surface area (Å²) in [7, 11) is 1.29. The van der Waals surface area contributed by atoms with Gasteiger partial charge in [-0.3, -0.25) is 9.69 Å². The lowest BCUT2D eigenvalue weighted by molar-refractivity contribution is -0.143. The summed E-state index contributed by atoms with van der Waals surface area (Å²) >= 11 is 0. The van der Waals surface area contributed by atoms with E-state index in [9.17, 15) is 9.59 Å². The number of hydrogen-bond donors (Lipinski definition) is 1. The van der Waals surface area contributed by atoms with Crippen molar-refractivity contribution in [2.24, 2.45) is 0 Å². The van der Waals surface area contributed by atoms with Gasteiger partial charge in [-0.15, -0.1) is 0 Å². The molecule has 1 atom stereocenters. The number of furan rings is 1. The highest BCUT2D eigenvalue weighted by molar-refractivity contribution is 6.04. The van der Waals surface area contributed by atoms with E-state index in [2.05, 4.69) is 11.6 Å². The smallest absolute Gasteiger partial charge is 0.329 e. The number of methoxy groups -OCH3 is 1. The molecule has 6 heteroatoms. The number of ether oxygens (including phenoxy) is 1. The van der Waals surface area contributed by atoms with Crippen LogP contribution in [0.1, 0.15) is 5.56 Å². The van der Waals surface area contributed by atoms with Gasteiger partial charge in [0, 0.05) is 29.6 Å². The van der Waals surface area contributed by atoms with Crippen LogP contribution >= 0.6 is 0 Å². The largest absolute Gasteiger partial charge is 0.467 e. The number of hydrogen-bond acceptors (Lipinski definition) is 4. The summed E-state index contributed by atoms with van der Waals surface area (Å²) in [5.41, 5.74) is 1.86. The Hall–Kier alpha value is -3.28. The molecule has 0 fully saturated rings. The molecule has 0 spiro atoms. The number of nitrogens with zero attached hydrogens (tertiary/aromatic N) is 1. The average molecular weight is 338 g/mol. The number of amides is 1. The van der Waals surface area contributed by atoms with Crippen molar-refractivity contribution in [1.82, 2.24) is 4.98 Å². The van der Waals surface area contributed by atoms with Crippen LogP contribution in [0, 0.1) is 0 Å². The molecule has 0 unspecified atom stereocenters. The minimum atomic E-state index is -0.874. The van der Waals surface area contributed by atoms with E-state index >= 15 is 0 Å². The predicted molar refractivity (Wildman–Crippen MR) is 94.2 cm³/mol. The Kier molecular flexibility index (Phi) is 4.70. The van der Waals surface area contributed by atoms with E-state index in [1.165, 1.54) is 18.3 Å². The monoisotopic (exact) mass is 338 g/mol. The van der Waals surface area contributed by atoms with Gasteiger partial charge in [0.25, 0.3) is 5.91 Å². The van der Waals surface area contributed by atoms with Crippen molar-refractivity contribution >= 4 is 28.7 Å². The van der Waals surface area contributed by atoms with Crippen LogP contribution < -0.4 is 4.90 Å². The molecule has 6 nitrogen and oxygen atoms in total. The summed E-state index contributed by atoms with van der Waals surface area (Å²) < 4.78 is 10.3. The maximum atomic E-state index is 12.4. The van der Waals surface area contributed by atoms with Crippen LogP contribution in [0.25, 0.3) is 10.9 Å². The zero-order chi connectivity index (χ0) is 17.8. The van der Waals surface area contributed by atoms with Crippen LogP contribution in [-0.2, 0) is 20.7 Å². The van der Waals surface area contributed by atoms with E-state index in [-0.39, 0.29) is 12.3 Å². The molecule has 1 N–H and O–H groups in total. The van der Waals surface area contributed by atoms with Gasteiger partial charge in [-0.2, -0.15) is 0 Å². The Bertz CT molecular complexity index is 895. The molecule has 25 heavy (non-hydrogen) atoms. The van der Waals surface area contributed by atoms with Crippen LogP contribution in [-0.4, -0.2) is 30.0 Å². The van der Waals surface area contributed by atoms with Gasteiger partial charge < -0.3 is 14.1 Å². The number of aromatic amines is 1. The van der Waals surface area contributed by atoms with Crippen LogP contribution in [0.2, 0.25) is 0 Å². The number of benzene rings is 1. The highest BCUT2D eigenvalue weighted by Gasteiger charge is 2.33. The first-order valence-electron chi connectivity index (χ1n) is 7.77. The first kappa shape index (κ1) is 16.6. The molecule has 0 saturated carbocycles. The number of H-pyrrole nitrogens is 1. The zero-order valence-corrected chi connectivity index (χ0v) is 13.8. The molecule has 128 valence electrons. The van der Waals surface area contributed by atoms with Gasteiger partial charge in [-0.05, 0) is 23.8 Å². The molecular weight excluding hydrogens is 320 g/mol. The maximum Gasteiger partial charge on any atom is 0.329 e. The number of fused-ring (bicyclic) bond motifs is 1. The number of aromatic nitrogens is 1. The van der Waals surface area contributed by atoms with E-state index in [1.807, 2.05) is 30.5 Å². The number of carbonyl (C=O) groups is 2. The Morgan fingerprint density at radius 2 is 2.12 bits per heavy atom. The molecule has 1 amide bonds. The number of rotatable bonds is 6. The van der Waals surface area contributed by atoms with E-state index in [4.69, 9.17) is 9.15 Å². The fraction of sp³-hybridized carbons (Fsp3) is 0.158. The van der Waals surface area contributed by atoms with Crippen molar-refractivity contribution in [1.29, 1.82) is 0 Å². The van der Waals surface area contributed by atoms with Gasteiger partial charge in [0.2, 0.25) is 5.88 Å². The third kappa shape index (κ3) is 3.19.